The van der Waals surface area contributed by atoms with E-state index in [0.29, 0.717) is 10.8 Å². The highest BCUT2D eigenvalue weighted by atomic mass is 35.5. The number of allylic oxidation sites excluding steroid dienone is 5. The van der Waals surface area contributed by atoms with Gasteiger partial charge in [0.05, 0.1) is 10.7 Å². The van der Waals surface area contributed by atoms with Crippen molar-refractivity contribution in [3.8, 4) is 0 Å². The molecule has 0 unspecified atom stereocenters. The van der Waals surface area contributed by atoms with Gasteiger partial charge in [-0.15, -0.1) is 0 Å². The molecule has 1 aliphatic heterocycles. The van der Waals surface area contributed by atoms with Gasteiger partial charge in [0.25, 0.3) is 0 Å². The molecule has 0 bridgehead atoms. The van der Waals surface area contributed by atoms with E-state index in [9.17, 15) is 4.79 Å². The first-order valence-corrected chi connectivity index (χ1v) is 7.07. The molecule has 0 spiro atoms. The second kappa shape index (κ2) is 6.19. The summed E-state index contributed by atoms with van der Waals surface area (Å²) in [7, 11) is 0. The van der Waals surface area contributed by atoms with E-state index in [-0.39, 0.29) is 5.78 Å². The van der Waals surface area contributed by atoms with Crippen LogP contribution in [0.2, 0.25) is 5.02 Å². The van der Waals surface area contributed by atoms with Crippen LogP contribution in [0.1, 0.15) is 26.5 Å². The number of halogens is 1. The first-order chi connectivity index (χ1) is 9.88. The fraction of sp³-hybridized carbons (Fsp3) is 0.235. The van der Waals surface area contributed by atoms with Crippen molar-refractivity contribution in [3.63, 3.8) is 0 Å². The number of H-pyrrole nitrogens is 1. The smallest absolute Gasteiger partial charge is 0.202 e. The molecule has 0 amide bonds. The van der Waals surface area contributed by atoms with Crippen LogP contribution in [0.25, 0.3) is 6.08 Å². The Kier molecular flexibility index (Phi) is 4.53. The molecule has 3 nitrogen and oxygen atoms in total. The van der Waals surface area contributed by atoms with Gasteiger partial charge >= 0.3 is 0 Å². The third-order valence-corrected chi connectivity index (χ3v) is 3.40. The Morgan fingerprint density at radius 3 is 2.71 bits per heavy atom. The predicted molar refractivity (Wildman–Crippen MR) is 86.0 cm³/mol. The van der Waals surface area contributed by atoms with E-state index in [2.05, 4.69) is 4.98 Å². The van der Waals surface area contributed by atoms with Gasteiger partial charge in [0.2, 0.25) is 5.78 Å². The summed E-state index contributed by atoms with van der Waals surface area (Å²) in [5, 5.41) is 0.698. The summed E-state index contributed by atoms with van der Waals surface area (Å²) in [4.78, 5) is 14.6. The number of carbonyl (C=O) groups is 1. The molecule has 1 aromatic heterocycles. The van der Waals surface area contributed by atoms with E-state index >= 15 is 0 Å². The summed E-state index contributed by atoms with van der Waals surface area (Å²) < 4.78 is 5.52. The molecule has 0 saturated heterocycles. The number of hydrogen-bond acceptors (Lipinski definition) is 2. The van der Waals surface area contributed by atoms with Crippen LogP contribution >= 0.6 is 11.6 Å². The molecule has 0 radical (unpaired) electrons. The zero-order valence-electron chi connectivity index (χ0n) is 12.3. The standard InChI is InChI=1S/C17H18ClNO2/c1-12(10-15-14(18)8-9-19-15)6-4-5-7-13-11-16(20)17(2,3)21-13/h4-11,19H,1-3H3. The molecule has 0 fully saturated rings. The first-order valence-electron chi connectivity index (χ1n) is 6.69. The second-order valence-electron chi connectivity index (χ2n) is 5.37. The average molecular weight is 304 g/mol. The number of aromatic amines is 1. The summed E-state index contributed by atoms with van der Waals surface area (Å²) >= 11 is 6.00. The van der Waals surface area contributed by atoms with E-state index < -0.39 is 5.60 Å². The van der Waals surface area contributed by atoms with Gasteiger partial charge in [-0.1, -0.05) is 29.8 Å². The molecular weight excluding hydrogens is 286 g/mol. The number of ether oxygens (including phenoxy) is 1. The van der Waals surface area contributed by atoms with Crippen LogP contribution in [-0.4, -0.2) is 16.4 Å². The Morgan fingerprint density at radius 1 is 1.38 bits per heavy atom. The minimum Gasteiger partial charge on any atom is -0.480 e. The number of hydrogen-bond donors (Lipinski definition) is 1. The van der Waals surface area contributed by atoms with Crippen molar-refractivity contribution in [2.24, 2.45) is 0 Å². The Bertz CT molecular complexity index is 660. The largest absolute Gasteiger partial charge is 0.480 e. The summed E-state index contributed by atoms with van der Waals surface area (Å²) in [6.07, 6.45) is 12.7. The van der Waals surface area contributed by atoms with Crippen LogP contribution < -0.4 is 0 Å². The predicted octanol–water partition coefficient (Wildman–Crippen LogP) is 4.45. The lowest BCUT2D eigenvalue weighted by Gasteiger charge is -2.16. The van der Waals surface area contributed by atoms with Gasteiger partial charge in [-0.05, 0) is 44.6 Å². The van der Waals surface area contributed by atoms with Crippen LogP contribution in [0.3, 0.4) is 0 Å². The van der Waals surface area contributed by atoms with Crippen molar-refractivity contribution in [3.05, 3.63) is 64.7 Å². The Balaban J connectivity index is 1.96. The lowest BCUT2D eigenvalue weighted by Crippen LogP contribution is -2.27. The van der Waals surface area contributed by atoms with Gasteiger partial charge in [-0.3, -0.25) is 4.79 Å². The van der Waals surface area contributed by atoms with Crippen molar-refractivity contribution in [2.75, 3.05) is 0 Å². The third kappa shape index (κ3) is 3.99. The maximum Gasteiger partial charge on any atom is 0.202 e. The topological polar surface area (TPSA) is 42.1 Å². The van der Waals surface area contributed by atoms with Crippen LogP contribution in [0, 0.1) is 0 Å². The molecule has 0 atom stereocenters. The number of nitrogens with one attached hydrogen (secondary N) is 1. The van der Waals surface area contributed by atoms with Crippen LogP contribution in [0.15, 0.2) is 54.0 Å². The van der Waals surface area contributed by atoms with Gasteiger partial charge in [0.15, 0.2) is 5.60 Å². The Labute approximate surface area is 129 Å². The fourth-order valence-electron chi connectivity index (χ4n) is 1.87. The minimum absolute atomic E-state index is 0.0106. The number of rotatable bonds is 4. The highest BCUT2D eigenvalue weighted by Gasteiger charge is 2.33. The van der Waals surface area contributed by atoms with E-state index in [1.165, 1.54) is 6.08 Å². The zero-order valence-corrected chi connectivity index (χ0v) is 13.1. The zero-order chi connectivity index (χ0) is 15.5. The lowest BCUT2D eigenvalue weighted by molar-refractivity contribution is -0.126. The number of ketones is 1. The van der Waals surface area contributed by atoms with Gasteiger partial charge in [-0.25, -0.2) is 0 Å². The normalized spacial score (nSPS) is 18.6. The minimum atomic E-state index is -0.746. The van der Waals surface area contributed by atoms with Crippen molar-refractivity contribution in [1.29, 1.82) is 0 Å². The molecule has 21 heavy (non-hydrogen) atoms. The molecule has 110 valence electrons. The van der Waals surface area contributed by atoms with E-state index in [4.69, 9.17) is 16.3 Å². The quantitative estimate of drug-likeness (QED) is 0.835. The van der Waals surface area contributed by atoms with Crippen LogP contribution in [0.5, 0.6) is 0 Å². The highest BCUT2D eigenvalue weighted by Crippen LogP contribution is 2.24. The average Bonchev–Trinajstić information content (AvgIpc) is 2.90. The molecule has 1 aromatic rings. The highest BCUT2D eigenvalue weighted by molar-refractivity contribution is 6.31. The monoisotopic (exact) mass is 303 g/mol. The van der Waals surface area contributed by atoms with Gasteiger partial charge < -0.3 is 9.72 Å². The van der Waals surface area contributed by atoms with Gasteiger partial charge in [-0.2, -0.15) is 0 Å². The number of carbonyl (C=O) groups excluding carboxylic acids is 1. The molecular formula is C17H18ClNO2. The summed E-state index contributed by atoms with van der Waals surface area (Å²) in [5.41, 5.74) is 1.20. The Hall–Kier alpha value is -2.00. The second-order valence-corrected chi connectivity index (χ2v) is 5.78. The fourth-order valence-corrected chi connectivity index (χ4v) is 2.04. The molecule has 0 aliphatic carbocycles. The van der Waals surface area contributed by atoms with E-state index in [0.717, 1.165) is 11.3 Å². The van der Waals surface area contributed by atoms with E-state index in [1.807, 2.05) is 37.3 Å². The molecule has 1 N–H and O–H groups in total. The first kappa shape index (κ1) is 15.4. The van der Waals surface area contributed by atoms with Gasteiger partial charge in [0.1, 0.15) is 5.76 Å². The number of aromatic nitrogens is 1. The molecule has 2 rings (SSSR count). The van der Waals surface area contributed by atoms with Crippen molar-refractivity contribution in [1.82, 2.24) is 4.98 Å². The molecule has 2 heterocycles. The lowest BCUT2D eigenvalue weighted by atomic mass is 10.1. The van der Waals surface area contributed by atoms with Crippen molar-refractivity contribution in [2.45, 2.75) is 26.4 Å². The SMILES string of the molecule is CC(C=CC=CC1=CC(=O)C(C)(C)O1)=Cc1[nH]ccc1Cl. The maximum atomic E-state index is 11.6. The Morgan fingerprint density at radius 2 is 2.14 bits per heavy atom. The summed E-state index contributed by atoms with van der Waals surface area (Å²) in [5.74, 6) is 0.576. The van der Waals surface area contributed by atoms with Crippen LogP contribution in [-0.2, 0) is 9.53 Å². The summed E-state index contributed by atoms with van der Waals surface area (Å²) in [6, 6.07) is 1.81. The summed E-state index contributed by atoms with van der Waals surface area (Å²) in [6.45, 7) is 5.50. The molecule has 1 aliphatic rings. The molecule has 0 saturated carbocycles. The maximum absolute atomic E-state index is 11.6. The van der Waals surface area contributed by atoms with Gasteiger partial charge in [0, 0.05) is 12.3 Å². The van der Waals surface area contributed by atoms with E-state index in [1.54, 1.807) is 26.1 Å². The molecule has 0 aromatic carbocycles. The molecule has 4 heteroatoms. The third-order valence-electron chi connectivity index (χ3n) is 3.07. The van der Waals surface area contributed by atoms with Crippen LogP contribution in [0.4, 0.5) is 0 Å². The van der Waals surface area contributed by atoms with Crippen molar-refractivity contribution >= 4 is 23.5 Å². The van der Waals surface area contributed by atoms with Crippen molar-refractivity contribution < 1.29 is 9.53 Å².